The Morgan fingerprint density at radius 3 is 2.55 bits per heavy atom. The molecule has 0 heterocycles. The van der Waals surface area contributed by atoms with E-state index in [1.807, 2.05) is 31.2 Å². The lowest BCUT2D eigenvalue weighted by atomic mass is 10.1. The highest BCUT2D eigenvalue weighted by atomic mass is 127. The first-order valence-electron chi connectivity index (χ1n) is 6.94. The molecule has 0 unspecified atom stereocenters. The van der Waals surface area contributed by atoms with Crippen molar-refractivity contribution in [2.75, 3.05) is 11.9 Å². The average molecular weight is 413 g/mol. The molecule has 2 aromatic carbocycles. The van der Waals surface area contributed by atoms with Crippen molar-refractivity contribution in [3.63, 3.8) is 0 Å². The maximum Gasteiger partial charge on any atom is 0.193 e. The minimum absolute atomic E-state index is 0. The number of hydrogen-bond donors (Lipinski definition) is 2. The van der Waals surface area contributed by atoms with Gasteiger partial charge < -0.3 is 11.1 Å². The Bertz CT molecular complexity index is 656. The van der Waals surface area contributed by atoms with E-state index in [9.17, 15) is 4.39 Å². The molecule has 3 nitrogen and oxygen atoms in total. The summed E-state index contributed by atoms with van der Waals surface area (Å²) in [4.78, 5) is 4.22. The lowest BCUT2D eigenvalue weighted by Gasteiger charge is -2.08. The van der Waals surface area contributed by atoms with Crippen molar-refractivity contribution in [2.24, 2.45) is 10.7 Å². The number of aliphatic imine (C=N–C) groups is 1. The number of anilines is 1. The molecule has 0 saturated carbocycles. The molecule has 0 fully saturated rings. The molecular formula is C17H21FIN3. The van der Waals surface area contributed by atoms with Crippen molar-refractivity contribution in [1.29, 1.82) is 0 Å². The number of guanidine groups is 1. The number of hydrogen-bond acceptors (Lipinski definition) is 1. The first-order valence-corrected chi connectivity index (χ1v) is 6.94. The summed E-state index contributed by atoms with van der Waals surface area (Å²) >= 11 is 0. The van der Waals surface area contributed by atoms with Crippen molar-refractivity contribution in [3.05, 3.63) is 65.0 Å². The second kappa shape index (κ2) is 8.73. The van der Waals surface area contributed by atoms with Crippen LogP contribution in [-0.2, 0) is 6.42 Å². The molecular weight excluding hydrogens is 392 g/mol. The van der Waals surface area contributed by atoms with E-state index in [0.29, 0.717) is 24.5 Å². The summed E-state index contributed by atoms with van der Waals surface area (Å²) < 4.78 is 13.4. The van der Waals surface area contributed by atoms with E-state index in [1.165, 1.54) is 17.2 Å². The summed E-state index contributed by atoms with van der Waals surface area (Å²) in [5.74, 6) is 0.142. The van der Waals surface area contributed by atoms with Crippen molar-refractivity contribution in [1.82, 2.24) is 0 Å². The van der Waals surface area contributed by atoms with Gasteiger partial charge in [0.2, 0.25) is 0 Å². The minimum Gasteiger partial charge on any atom is -0.370 e. The first kappa shape index (κ1) is 18.4. The van der Waals surface area contributed by atoms with Crippen LogP contribution >= 0.6 is 24.0 Å². The van der Waals surface area contributed by atoms with E-state index >= 15 is 0 Å². The molecule has 0 aromatic heterocycles. The molecule has 0 saturated heterocycles. The van der Waals surface area contributed by atoms with Crippen LogP contribution in [-0.4, -0.2) is 12.5 Å². The summed E-state index contributed by atoms with van der Waals surface area (Å²) in [5, 5.41) is 3.04. The van der Waals surface area contributed by atoms with Crippen molar-refractivity contribution >= 4 is 35.6 Å². The molecule has 0 radical (unpaired) electrons. The van der Waals surface area contributed by atoms with E-state index in [4.69, 9.17) is 5.73 Å². The SMILES string of the molecule is Cc1ccc(NC(N)=NCCc2ccccc2F)cc1C.I. The Labute approximate surface area is 147 Å². The highest BCUT2D eigenvalue weighted by Crippen LogP contribution is 2.13. The molecule has 118 valence electrons. The second-order valence-corrected chi connectivity index (χ2v) is 5.03. The smallest absolute Gasteiger partial charge is 0.193 e. The number of benzene rings is 2. The van der Waals surface area contributed by atoms with Gasteiger partial charge in [0.1, 0.15) is 5.82 Å². The van der Waals surface area contributed by atoms with Crippen LogP contribution in [0, 0.1) is 19.7 Å². The van der Waals surface area contributed by atoms with Crippen LogP contribution in [0.1, 0.15) is 16.7 Å². The fraction of sp³-hybridized carbons (Fsp3) is 0.235. The number of rotatable bonds is 4. The lowest BCUT2D eigenvalue weighted by molar-refractivity contribution is 0.609. The van der Waals surface area contributed by atoms with Crippen molar-refractivity contribution in [3.8, 4) is 0 Å². The summed E-state index contributed by atoms with van der Waals surface area (Å²) in [7, 11) is 0. The van der Waals surface area contributed by atoms with Gasteiger partial charge in [0.15, 0.2) is 5.96 Å². The zero-order valence-corrected chi connectivity index (χ0v) is 15.1. The summed E-state index contributed by atoms with van der Waals surface area (Å²) in [6.45, 7) is 4.56. The van der Waals surface area contributed by atoms with Gasteiger partial charge >= 0.3 is 0 Å². The van der Waals surface area contributed by atoms with Crippen LogP contribution in [0.2, 0.25) is 0 Å². The maximum atomic E-state index is 13.4. The van der Waals surface area contributed by atoms with Crippen LogP contribution in [0.4, 0.5) is 10.1 Å². The topological polar surface area (TPSA) is 50.4 Å². The van der Waals surface area contributed by atoms with Gasteiger partial charge in [0.25, 0.3) is 0 Å². The Kier molecular flexibility index (Phi) is 7.31. The number of nitrogens with zero attached hydrogens (tertiary/aromatic N) is 1. The number of aryl methyl sites for hydroxylation is 2. The van der Waals surface area contributed by atoms with E-state index < -0.39 is 0 Å². The van der Waals surface area contributed by atoms with Gasteiger partial charge in [-0.2, -0.15) is 0 Å². The van der Waals surface area contributed by atoms with Gasteiger partial charge in [-0.15, -0.1) is 24.0 Å². The highest BCUT2D eigenvalue weighted by Gasteiger charge is 2.01. The Hall–Kier alpha value is -1.63. The predicted octanol–water partition coefficient (Wildman–Crippen LogP) is 4.03. The molecule has 0 atom stereocenters. The summed E-state index contributed by atoms with van der Waals surface area (Å²) in [5.41, 5.74) is 9.83. The average Bonchev–Trinajstić information content (AvgIpc) is 2.45. The van der Waals surface area contributed by atoms with Crippen LogP contribution in [0.15, 0.2) is 47.5 Å². The van der Waals surface area contributed by atoms with E-state index in [1.54, 1.807) is 12.1 Å². The Morgan fingerprint density at radius 1 is 1.14 bits per heavy atom. The molecule has 2 aromatic rings. The fourth-order valence-corrected chi connectivity index (χ4v) is 2.00. The molecule has 5 heteroatoms. The third-order valence-corrected chi connectivity index (χ3v) is 3.40. The normalized spacial score (nSPS) is 11.0. The lowest BCUT2D eigenvalue weighted by Crippen LogP contribution is -2.23. The molecule has 2 rings (SSSR count). The highest BCUT2D eigenvalue weighted by molar-refractivity contribution is 14.0. The van der Waals surface area contributed by atoms with Crippen LogP contribution in [0.5, 0.6) is 0 Å². The quantitative estimate of drug-likeness (QED) is 0.452. The third-order valence-electron chi connectivity index (χ3n) is 3.40. The minimum atomic E-state index is -0.201. The Balaban J connectivity index is 0.00000242. The molecule has 0 amide bonds. The first-order chi connectivity index (χ1) is 10.1. The molecule has 0 aliphatic rings. The van der Waals surface area contributed by atoms with Crippen LogP contribution in [0.3, 0.4) is 0 Å². The fourth-order valence-electron chi connectivity index (χ4n) is 2.00. The van der Waals surface area contributed by atoms with Crippen molar-refractivity contribution in [2.45, 2.75) is 20.3 Å². The monoisotopic (exact) mass is 413 g/mol. The summed E-state index contributed by atoms with van der Waals surface area (Å²) in [6, 6.07) is 12.7. The number of halogens is 2. The van der Waals surface area contributed by atoms with Crippen molar-refractivity contribution < 1.29 is 4.39 Å². The van der Waals surface area contributed by atoms with Crippen LogP contribution in [0.25, 0.3) is 0 Å². The third kappa shape index (κ3) is 5.29. The molecule has 0 aliphatic heterocycles. The standard InChI is InChI=1S/C17H20FN3.HI/c1-12-7-8-15(11-13(12)2)21-17(19)20-10-9-14-5-3-4-6-16(14)18;/h3-8,11H,9-10H2,1-2H3,(H3,19,20,21);1H. The predicted molar refractivity (Wildman–Crippen MR) is 102 cm³/mol. The second-order valence-electron chi connectivity index (χ2n) is 5.03. The number of nitrogens with one attached hydrogen (secondary N) is 1. The van der Waals surface area contributed by atoms with E-state index in [0.717, 1.165) is 5.69 Å². The van der Waals surface area contributed by atoms with Gasteiger partial charge in [-0.3, -0.25) is 4.99 Å². The van der Waals surface area contributed by atoms with E-state index in [-0.39, 0.29) is 29.8 Å². The zero-order valence-electron chi connectivity index (χ0n) is 12.8. The van der Waals surface area contributed by atoms with E-state index in [2.05, 4.69) is 17.2 Å². The summed E-state index contributed by atoms with van der Waals surface area (Å²) in [6.07, 6.45) is 0.530. The maximum absolute atomic E-state index is 13.4. The molecule has 0 aliphatic carbocycles. The van der Waals surface area contributed by atoms with Gasteiger partial charge in [0.05, 0.1) is 0 Å². The molecule has 22 heavy (non-hydrogen) atoms. The molecule has 0 spiro atoms. The zero-order chi connectivity index (χ0) is 15.2. The number of nitrogens with two attached hydrogens (primary N) is 1. The Morgan fingerprint density at radius 2 is 1.86 bits per heavy atom. The molecule has 3 N–H and O–H groups in total. The van der Waals surface area contributed by atoms with Crippen LogP contribution < -0.4 is 11.1 Å². The van der Waals surface area contributed by atoms with Gasteiger partial charge in [0, 0.05) is 12.2 Å². The molecule has 0 bridgehead atoms. The van der Waals surface area contributed by atoms with Gasteiger partial charge in [-0.1, -0.05) is 24.3 Å². The van der Waals surface area contributed by atoms with Gasteiger partial charge in [-0.25, -0.2) is 4.39 Å². The van der Waals surface area contributed by atoms with Gasteiger partial charge in [-0.05, 0) is 55.2 Å². The largest absolute Gasteiger partial charge is 0.370 e.